The zero-order valence-electron chi connectivity index (χ0n) is 14.9. The molecular weight excluding hydrogens is 420 g/mol. The Morgan fingerprint density at radius 3 is 2.54 bits per heavy atom. The Hall–Kier alpha value is -2.22. The molecule has 0 aliphatic heterocycles. The lowest BCUT2D eigenvalue weighted by Crippen LogP contribution is -2.48. The quantitative estimate of drug-likeness (QED) is 0.520. The standard InChI is InChI=1S/C17H15ClF4N4OS/c1-16(2,17(20,21)22)25-28-12-8-26(3)14(13(12)18)15(27)24-10-4-5-11(19)9(6-10)7-23/h4-6,8,25H,1-3H3,(H,24,27). The molecule has 1 amide bonds. The lowest BCUT2D eigenvalue weighted by atomic mass is 10.1. The maximum Gasteiger partial charge on any atom is 0.406 e. The number of aryl methyl sites for hydroxylation is 1. The first-order valence-corrected chi connectivity index (χ1v) is 8.93. The fraction of sp³-hybridized carbons (Fsp3) is 0.294. The predicted octanol–water partition coefficient (Wildman–Crippen LogP) is 4.88. The zero-order valence-corrected chi connectivity index (χ0v) is 16.5. The minimum atomic E-state index is -4.48. The fourth-order valence-corrected chi connectivity index (χ4v) is 3.28. The molecule has 0 unspecified atom stereocenters. The number of nitrogens with zero attached hydrogens (tertiary/aromatic N) is 2. The van der Waals surface area contributed by atoms with E-state index >= 15 is 0 Å². The van der Waals surface area contributed by atoms with E-state index in [0.29, 0.717) is 11.9 Å². The van der Waals surface area contributed by atoms with E-state index in [0.717, 1.165) is 26.0 Å². The number of aromatic nitrogens is 1. The zero-order chi connectivity index (χ0) is 21.3. The Labute approximate surface area is 167 Å². The second kappa shape index (κ2) is 8.03. The molecule has 5 nitrogen and oxygen atoms in total. The molecule has 0 fully saturated rings. The van der Waals surface area contributed by atoms with Crippen LogP contribution in [0.5, 0.6) is 0 Å². The largest absolute Gasteiger partial charge is 0.406 e. The Balaban J connectivity index is 2.21. The summed E-state index contributed by atoms with van der Waals surface area (Å²) in [5, 5.41) is 11.3. The molecule has 150 valence electrons. The number of halogens is 5. The highest BCUT2D eigenvalue weighted by Crippen LogP contribution is 2.36. The van der Waals surface area contributed by atoms with Gasteiger partial charge < -0.3 is 9.88 Å². The molecular formula is C17H15ClF4N4OS. The van der Waals surface area contributed by atoms with E-state index in [-0.39, 0.29) is 26.9 Å². The van der Waals surface area contributed by atoms with Gasteiger partial charge in [-0.05, 0) is 44.0 Å². The van der Waals surface area contributed by atoms with E-state index in [1.54, 1.807) is 6.07 Å². The maximum absolute atomic E-state index is 13.4. The summed E-state index contributed by atoms with van der Waals surface area (Å²) in [5.41, 5.74) is -2.25. The third kappa shape index (κ3) is 4.60. The highest BCUT2D eigenvalue weighted by atomic mass is 35.5. The third-order valence-electron chi connectivity index (χ3n) is 3.77. The number of nitrogens with one attached hydrogen (secondary N) is 2. The Morgan fingerprint density at radius 2 is 1.96 bits per heavy atom. The summed E-state index contributed by atoms with van der Waals surface area (Å²) in [4.78, 5) is 12.7. The van der Waals surface area contributed by atoms with Gasteiger partial charge in [-0.1, -0.05) is 11.6 Å². The molecule has 0 saturated carbocycles. The lowest BCUT2D eigenvalue weighted by molar-refractivity contribution is -0.179. The molecule has 2 aromatic rings. The van der Waals surface area contributed by atoms with Gasteiger partial charge in [-0.15, -0.1) is 0 Å². The van der Waals surface area contributed by atoms with Gasteiger partial charge in [-0.2, -0.15) is 18.4 Å². The highest BCUT2D eigenvalue weighted by Gasteiger charge is 2.47. The van der Waals surface area contributed by atoms with Crippen molar-refractivity contribution in [1.82, 2.24) is 9.29 Å². The van der Waals surface area contributed by atoms with Crippen molar-refractivity contribution >= 4 is 35.1 Å². The van der Waals surface area contributed by atoms with E-state index in [1.165, 1.54) is 23.9 Å². The molecule has 0 spiro atoms. The average Bonchev–Trinajstić information content (AvgIpc) is 2.87. The lowest BCUT2D eigenvalue weighted by Gasteiger charge is -2.28. The monoisotopic (exact) mass is 434 g/mol. The number of carbonyl (C=O) groups is 1. The van der Waals surface area contributed by atoms with Gasteiger partial charge in [-0.3, -0.25) is 4.79 Å². The van der Waals surface area contributed by atoms with E-state index in [1.807, 2.05) is 0 Å². The van der Waals surface area contributed by atoms with Crippen LogP contribution in [0, 0.1) is 17.1 Å². The molecule has 2 N–H and O–H groups in total. The minimum Gasteiger partial charge on any atom is -0.344 e. The van der Waals surface area contributed by atoms with Gasteiger partial charge in [0.15, 0.2) is 0 Å². The predicted molar refractivity (Wildman–Crippen MR) is 98.6 cm³/mol. The number of hydrogen-bond acceptors (Lipinski definition) is 4. The normalized spacial score (nSPS) is 12.0. The summed E-state index contributed by atoms with van der Waals surface area (Å²) in [7, 11) is 1.51. The number of benzene rings is 1. The van der Waals surface area contributed by atoms with Crippen LogP contribution < -0.4 is 10.0 Å². The number of alkyl halides is 3. The molecule has 1 aromatic heterocycles. The number of carbonyl (C=O) groups excluding carboxylic acids is 1. The molecule has 0 radical (unpaired) electrons. The van der Waals surface area contributed by atoms with E-state index in [2.05, 4.69) is 10.0 Å². The van der Waals surface area contributed by atoms with Crippen LogP contribution in [0.15, 0.2) is 29.3 Å². The topological polar surface area (TPSA) is 69.8 Å². The van der Waals surface area contributed by atoms with Crippen LogP contribution in [0.2, 0.25) is 5.02 Å². The van der Waals surface area contributed by atoms with Crippen molar-refractivity contribution in [3.63, 3.8) is 0 Å². The van der Waals surface area contributed by atoms with Crippen molar-refractivity contribution in [3.05, 3.63) is 46.5 Å². The summed E-state index contributed by atoms with van der Waals surface area (Å²) < 4.78 is 55.9. The van der Waals surface area contributed by atoms with Crippen molar-refractivity contribution in [2.24, 2.45) is 7.05 Å². The second-order valence-electron chi connectivity index (χ2n) is 6.35. The highest BCUT2D eigenvalue weighted by molar-refractivity contribution is 7.97. The van der Waals surface area contributed by atoms with Gasteiger partial charge in [-0.25, -0.2) is 9.11 Å². The molecule has 2 rings (SSSR count). The van der Waals surface area contributed by atoms with Crippen LogP contribution in [0.1, 0.15) is 29.9 Å². The molecule has 0 aliphatic carbocycles. The molecule has 1 aromatic carbocycles. The smallest absolute Gasteiger partial charge is 0.344 e. The number of hydrogen-bond donors (Lipinski definition) is 2. The molecule has 0 aliphatic rings. The van der Waals surface area contributed by atoms with Crippen molar-refractivity contribution in [3.8, 4) is 6.07 Å². The van der Waals surface area contributed by atoms with Gasteiger partial charge in [0, 0.05) is 18.9 Å². The molecule has 0 atom stereocenters. The van der Waals surface area contributed by atoms with Crippen molar-refractivity contribution in [2.75, 3.05) is 5.32 Å². The van der Waals surface area contributed by atoms with Crippen LogP contribution in [0.25, 0.3) is 0 Å². The first kappa shape index (κ1) is 22.1. The van der Waals surface area contributed by atoms with Gasteiger partial charge in [0.1, 0.15) is 23.1 Å². The Kier molecular flexibility index (Phi) is 6.33. The maximum atomic E-state index is 13.4. The number of nitriles is 1. The summed E-state index contributed by atoms with van der Waals surface area (Å²) in [6.07, 6.45) is -3.07. The van der Waals surface area contributed by atoms with Crippen LogP contribution in [-0.4, -0.2) is 22.2 Å². The third-order valence-corrected chi connectivity index (χ3v) is 5.41. The summed E-state index contributed by atoms with van der Waals surface area (Å²) in [6, 6.07) is 5.12. The van der Waals surface area contributed by atoms with Crippen LogP contribution >= 0.6 is 23.5 Å². The van der Waals surface area contributed by atoms with Gasteiger partial charge in [0.05, 0.1) is 15.5 Å². The first-order chi connectivity index (χ1) is 12.9. The van der Waals surface area contributed by atoms with E-state index in [4.69, 9.17) is 16.9 Å². The van der Waals surface area contributed by atoms with E-state index in [9.17, 15) is 22.4 Å². The second-order valence-corrected chi connectivity index (χ2v) is 7.58. The molecule has 0 saturated heterocycles. The average molecular weight is 435 g/mol. The number of amides is 1. The van der Waals surface area contributed by atoms with Gasteiger partial charge >= 0.3 is 6.18 Å². The first-order valence-electron chi connectivity index (χ1n) is 7.74. The number of rotatable bonds is 5. The molecule has 0 bridgehead atoms. The minimum absolute atomic E-state index is 0.00128. The van der Waals surface area contributed by atoms with Crippen molar-refractivity contribution in [1.29, 1.82) is 5.26 Å². The molecule has 11 heteroatoms. The van der Waals surface area contributed by atoms with Crippen LogP contribution in [0.3, 0.4) is 0 Å². The summed E-state index contributed by atoms with van der Waals surface area (Å²) in [6.45, 7) is 1.96. The van der Waals surface area contributed by atoms with Gasteiger partial charge in [0.2, 0.25) is 0 Å². The van der Waals surface area contributed by atoms with Crippen LogP contribution in [-0.2, 0) is 7.05 Å². The summed E-state index contributed by atoms with van der Waals surface area (Å²) >= 11 is 6.83. The molecule has 1 heterocycles. The Morgan fingerprint density at radius 1 is 1.32 bits per heavy atom. The fourth-order valence-electron chi connectivity index (χ4n) is 2.02. The molecule has 28 heavy (non-hydrogen) atoms. The van der Waals surface area contributed by atoms with E-state index < -0.39 is 23.4 Å². The van der Waals surface area contributed by atoms with Crippen molar-refractivity contribution in [2.45, 2.75) is 30.5 Å². The Bertz CT molecular complexity index is 950. The number of anilines is 1. The van der Waals surface area contributed by atoms with Crippen LogP contribution in [0.4, 0.5) is 23.2 Å². The summed E-state index contributed by atoms with van der Waals surface area (Å²) in [5.74, 6) is -1.39. The van der Waals surface area contributed by atoms with Gasteiger partial charge in [0.25, 0.3) is 5.91 Å². The SMILES string of the molecule is Cn1cc(SNC(C)(C)C(F)(F)F)c(Cl)c1C(=O)Nc1ccc(F)c(C#N)c1. The van der Waals surface area contributed by atoms with Crippen molar-refractivity contribution < 1.29 is 22.4 Å².